The zero-order chi connectivity index (χ0) is 19.4. The number of esters is 1. The van der Waals surface area contributed by atoms with E-state index >= 15 is 0 Å². The number of carbonyl (C=O) groups excluding carboxylic acids is 1. The Bertz CT molecular complexity index is 838. The number of fused-ring (bicyclic) bond motifs is 1. The maximum Gasteiger partial charge on any atom is 0.341 e. The maximum absolute atomic E-state index is 12.5. The molecule has 27 heavy (non-hydrogen) atoms. The topological polar surface area (TPSA) is 50.4 Å². The first-order valence-electron chi connectivity index (χ1n) is 9.37. The van der Waals surface area contributed by atoms with E-state index in [0.29, 0.717) is 10.7 Å². The van der Waals surface area contributed by atoms with Crippen molar-refractivity contribution in [3.05, 3.63) is 45.3 Å². The molecule has 144 valence electrons. The number of thiophene rings is 1. The second-order valence-electron chi connectivity index (χ2n) is 7.07. The predicted molar refractivity (Wildman–Crippen MR) is 117 cm³/mol. The van der Waals surface area contributed by atoms with Crippen LogP contribution in [0.15, 0.2) is 18.2 Å². The number of carbonyl (C=O) groups is 1. The summed E-state index contributed by atoms with van der Waals surface area (Å²) in [5.41, 5.74) is 5.09. The minimum atomic E-state index is -0.287. The van der Waals surface area contributed by atoms with Crippen molar-refractivity contribution in [3.8, 4) is 0 Å². The zero-order valence-corrected chi connectivity index (χ0v) is 17.7. The van der Waals surface area contributed by atoms with Crippen LogP contribution in [0, 0.1) is 13.8 Å². The number of nitrogens with one attached hydrogen (secondary N) is 2. The summed E-state index contributed by atoms with van der Waals surface area (Å²) in [6, 6.07) is 6.22. The van der Waals surface area contributed by atoms with E-state index in [2.05, 4.69) is 42.7 Å². The van der Waals surface area contributed by atoms with E-state index in [1.165, 1.54) is 42.4 Å². The lowest BCUT2D eigenvalue weighted by atomic mass is 9.96. The monoisotopic (exact) mass is 402 g/mol. The normalized spacial score (nSPS) is 13.9. The number of anilines is 2. The zero-order valence-electron chi connectivity index (χ0n) is 16.1. The molecular weight excluding hydrogens is 376 g/mol. The van der Waals surface area contributed by atoms with Gasteiger partial charge < -0.3 is 15.4 Å². The van der Waals surface area contributed by atoms with Gasteiger partial charge in [-0.15, -0.1) is 11.3 Å². The number of benzene rings is 1. The van der Waals surface area contributed by atoms with Gasteiger partial charge in [0.1, 0.15) is 5.00 Å². The Kier molecular flexibility index (Phi) is 6.50. The van der Waals surface area contributed by atoms with Crippen molar-refractivity contribution in [2.24, 2.45) is 0 Å². The summed E-state index contributed by atoms with van der Waals surface area (Å²) in [6.07, 6.45) is 6.68. The second-order valence-corrected chi connectivity index (χ2v) is 8.58. The highest BCUT2D eigenvalue weighted by atomic mass is 32.1. The molecule has 4 nitrogen and oxygen atoms in total. The van der Waals surface area contributed by atoms with Gasteiger partial charge in [0.15, 0.2) is 5.11 Å². The van der Waals surface area contributed by atoms with Crippen LogP contribution >= 0.6 is 23.6 Å². The summed E-state index contributed by atoms with van der Waals surface area (Å²) in [5.74, 6) is -0.287. The van der Waals surface area contributed by atoms with E-state index < -0.39 is 0 Å². The average Bonchev–Trinajstić information content (AvgIpc) is 2.89. The van der Waals surface area contributed by atoms with Crippen LogP contribution in [0.2, 0.25) is 0 Å². The highest BCUT2D eigenvalue weighted by Gasteiger charge is 2.25. The lowest BCUT2D eigenvalue weighted by Gasteiger charge is -2.13. The van der Waals surface area contributed by atoms with E-state index in [1.807, 2.05) is 0 Å². The van der Waals surface area contributed by atoms with Gasteiger partial charge in [-0.2, -0.15) is 0 Å². The summed E-state index contributed by atoms with van der Waals surface area (Å²) in [6.45, 7) is 4.12. The van der Waals surface area contributed by atoms with E-state index in [1.54, 1.807) is 11.3 Å². The molecule has 3 rings (SSSR count). The molecule has 0 aliphatic heterocycles. The minimum absolute atomic E-state index is 0.287. The number of methoxy groups -OCH3 is 1. The van der Waals surface area contributed by atoms with E-state index in [4.69, 9.17) is 17.0 Å². The van der Waals surface area contributed by atoms with E-state index in [0.717, 1.165) is 35.5 Å². The molecule has 0 fully saturated rings. The van der Waals surface area contributed by atoms with Crippen molar-refractivity contribution < 1.29 is 9.53 Å². The van der Waals surface area contributed by atoms with Gasteiger partial charge >= 0.3 is 5.97 Å². The first-order chi connectivity index (χ1) is 13.0. The Hall–Kier alpha value is -1.92. The molecule has 1 aromatic heterocycles. The average molecular weight is 403 g/mol. The fourth-order valence-electron chi connectivity index (χ4n) is 3.64. The molecule has 6 heteroatoms. The number of aryl methyl sites for hydroxylation is 3. The summed E-state index contributed by atoms with van der Waals surface area (Å²) >= 11 is 7.15. The van der Waals surface area contributed by atoms with Crippen molar-refractivity contribution in [2.45, 2.75) is 52.4 Å². The molecule has 0 bridgehead atoms. The Morgan fingerprint density at radius 2 is 1.70 bits per heavy atom. The van der Waals surface area contributed by atoms with Gasteiger partial charge in [0.25, 0.3) is 0 Å². The van der Waals surface area contributed by atoms with Gasteiger partial charge in [0, 0.05) is 10.6 Å². The number of thiocarbonyl (C=S) groups is 1. The van der Waals surface area contributed by atoms with Crippen molar-refractivity contribution >= 4 is 45.3 Å². The smallest absolute Gasteiger partial charge is 0.341 e. The van der Waals surface area contributed by atoms with Gasteiger partial charge in [0.05, 0.1) is 12.7 Å². The Morgan fingerprint density at radius 1 is 1.04 bits per heavy atom. The molecule has 0 saturated heterocycles. The van der Waals surface area contributed by atoms with E-state index in [-0.39, 0.29) is 5.97 Å². The molecule has 0 atom stereocenters. The highest BCUT2D eigenvalue weighted by Crippen LogP contribution is 2.37. The van der Waals surface area contributed by atoms with Crippen LogP contribution in [0.5, 0.6) is 0 Å². The van der Waals surface area contributed by atoms with Gasteiger partial charge in [-0.05, 0) is 80.6 Å². The summed E-state index contributed by atoms with van der Waals surface area (Å²) in [7, 11) is 1.44. The van der Waals surface area contributed by atoms with Crippen molar-refractivity contribution in [3.63, 3.8) is 0 Å². The number of hydrogen-bond donors (Lipinski definition) is 2. The van der Waals surface area contributed by atoms with Gasteiger partial charge in [0.2, 0.25) is 0 Å². The predicted octanol–water partition coefficient (Wildman–Crippen LogP) is 5.62. The number of hydrogen-bond acceptors (Lipinski definition) is 4. The molecule has 0 unspecified atom stereocenters. The number of ether oxygens (including phenoxy) is 1. The molecule has 1 aromatic carbocycles. The SMILES string of the molecule is COC(=O)c1c(NC(=S)Nc2cc(C)cc(C)c2)sc2c1CCCCCC2. The molecule has 1 heterocycles. The fourth-order valence-corrected chi connectivity index (χ4v) is 5.20. The minimum Gasteiger partial charge on any atom is -0.465 e. The van der Waals surface area contributed by atoms with Crippen LogP contribution < -0.4 is 10.6 Å². The molecule has 0 amide bonds. The standard InChI is InChI=1S/C21H26N2O2S2/c1-13-10-14(2)12-15(11-13)22-21(26)23-19-18(20(24)25-3)16-8-6-4-5-7-9-17(16)27-19/h10-12H,4-9H2,1-3H3,(H2,22,23,26). The molecule has 1 aliphatic carbocycles. The first-order valence-corrected chi connectivity index (χ1v) is 10.6. The van der Waals surface area contributed by atoms with Crippen molar-refractivity contribution in [1.82, 2.24) is 0 Å². The largest absolute Gasteiger partial charge is 0.465 e. The maximum atomic E-state index is 12.5. The molecule has 0 spiro atoms. The molecule has 2 aromatic rings. The van der Waals surface area contributed by atoms with Crippen LogP contribution in [-0.2, 0) is 17.6 Å². The fraction of sp³-hybridized carbons (Fsp3) is 0.429. The van der Waals surface area contributed by atoms with Crippen LogP contribution in [0.3, 0.4) is 0 Å². The van der Waals surface area contributed by atoms with Crippen LogP contribution in [-0.4, -0.2) is 18.2 Å². The van der Waals surface area contributed by atoms with Crippen molar-refractivity contribution in [2.75, 3.05) is 17.7 Å². The quantitative estimate of drug-likeness (QED) is 0.515. The first kappa shape index (κ1) is 19.8. The molecule has 2 N–H and O–H groups in total. The van der Waals surface area contributed by atoms with Crippen LogP contribution in [0.1, 0.15) is 57.6 Å². The Labute approximate surface area is 170 Å². The third-order valence-corrected chi connectivity index (χ3v) is 6.18. The molecular formula is C21H26N2O2S2. The Morgan fingerprint density at radius 3 is 2.37 bits per heavy atom. The van der Waals surface area contributed by atoms with Gasteiger partial charge in [-0.25, -0.2) is 4.79 Å². The second kappa shape index (κ2) is 8.85. The number of rotatable bonds is 3. The third kappa shape index (κ3) is 4.87. The summed E-state index contributed by atoms with van der Waals surface area (Å²) in [5, 5.41) is 7.76. The van der Waals surface area contributed by atoms with Gasteiger partial charge in [-0.1, -0.05) is 18.9 Å². The lowest BCUT2D eigenvalue weighted by molar-refractivity contribution is 0.0601. The van der Waals surface area contributed by atoms with Crippen molar-refractivity contribution in [1.29, 1.82) is 0 Å². The summed E-state index contributed by atoms with van der Waals surface area (Å²) < 4.78 is 5.07. The molecule has 1 aliphatic rings. The van der Waals surface area contributed by atoms with Gasteiger partial charge in [-0.3, -0.25) is 0 Å². The molecule has 0 radical (unpaired) electrons. The lowest BCUT2D eigenvalue weighted by Crippen LogP contribution is -2.20. The van der Waals surface area contributed by atoms with E-state index in [9.17, 15) is 4.79 Å². The van der Waals surface area contributed by atoms with Crippen LogP contribution in [0.25, 0.3) is 0 Å². The third-order valence-electron chi connectivity index (χ3n) is 4.77. The molecule has 0 saturated carbocycles. The Balaban J connectivity index is 1.85. The summed E-state index contributed by atoms with van der Waals surface area (Å²) in [4.78, 5) is 13.8. The highest BCUT2D eigenvalue weighted by molar-refractivity contribution is 7.80. The van der Waals surface area contributed by atoms with Crippen LogP contribution in [0.4, 0.5) is 10.7 Å².